The highest BCUT2D eigenvalue weighted by Crippen LogP contribution is 2.49. The van der Waals surface area contributed by atoms with Gasteiger partial charge in [0.15, 0.2) is 0 Å². The molecule has 2 heteroatoms. The first-order valence-corrected chi connectivity index (χ1v) is 20.6. The van der Waals surface area contributed by atoms with Gasteiger partial charge in [-0.1, -0.05) is 170 Å². The predicted molar refractivity (Wildman–Crippen MR) is 257 cm³/mol. The normalized spacial score (nSPS) is 11.3. The van der Waals surface area contributed by atoms with E-state index < -0.39 is 0 Å². The van der Waals surface area contributed by atoms with E-state index in [9.17, 15) is 0 Å². The maximum Gasteiger partial charge on any atom is 0.0468 e. The van der Waals surface area contributed by atoms with Gasteiger partial charge in [0.1, 0.15) is 0 Å². The highest BCUT2D eigenvalue weighted by molar-refractivity contribution is 6.32. The van der Waals surface area contributed by atoms with Gasteiger partial charge in [-0.2, -0.15) is 0 Å². The molecule has 0 unspecified atom stereocenters. The Kier molecular flexibility index (Phi) is 8.87. The molecule has 0 aromatic heterocycles. The van der Waals surface area contributed by atoms with Crippen molar-refractivity contribution in [3.63, 3.8) is 0 Å². The molecule has 0 spiro atoms. The number of nitrogens with zero attached hydrogens (tertiary/aromatic N) is 2. The van der Waals surface area contributed by atoms with E-state index in [-0.39, 0.29) is 0 Å². The molecule has 11 aromatic rings. The minimum Gasteiger partial charge on any atom is -0.310 e. The second-order valence-electron chi connectivity index (χ2n) is 15.3. The maximum absolute atomic E-state index is 2.37. The van der Waals surface area contributed by atoms with Gasteiger partial charge in [-0.15, -0.1) is 0 Å². The molecule has 0 atom stereocenters. The van der Waals surface area contributed by atoms with Gasteiger partial charge >= 0.3 is 0 Å². The predicted octanol–water partition coefficient (Wildman–Crippen LogP) is 16.6. The van der Waals surface area contributed by atoms with Crippen LogP contribution in [-0.4, -0.2) is 0 Å². The van der Waals surface area contributed by atoms with Gasteiger partial charge in [-0.05, 0) is 138 Å². The number of hydrogen-bond acceptors (Lipinski definition) is 2. The Morgan fingerprint density at radius 3 is 0.817 bits per heavy atom. The van der Waals surface area contributed by atoms with Crippen LogP contribution in [0, 0.1) is 0 Å². The van der Waals surface area contributed by atoms with Gasteiger partial charge in [0, 0.05) is 34.1 Å². The Hall–Kier alpha value is -7.94. The fourth-order valence-corrected chi connectivity index (χ4v) is 9.15. The molecule has 0 radical (unpaired) electrons. The number of fused-ring (bicyclic) bond motifs is 6. The van der Waals surface area contributed by atoms with Crippen LogP contribution in [-0.2, 0) is 0 Å². The average molecular weight is 765 g/mol. The molecule has 0 fully saturated rings. The SMILES string of the molecule is c1ccc(-c2c3ccc4cc(N(c5ccccc5)c5ccccc5)ccc4c3c(-c3ccccc3)c3ccc4cc(N(c5ccccc5)c5ccccc5)ccc4c23)cc1. The lowest BCUT2D eigenvalue weighted by atomic mass is 9.82. The maximum atomic E-state index is 2.37. The van der Waals surface area contributed by atoms with Gasteiger partial charge in [0.05, 0.1) is 0 Å². The zero-order valence-corrected chi connectivity index (χ0v) is 33.0. The molecule has 0 bridgehead atoms. The Labute approximate surface area is 350 Å². The van der Waals surface area contributed by atoms with E-state index in [1.165, 1.54) is 65.3 Å². The third-order valence-corrected chi connectivity index (χ3v) is 11.7. The van der Waals surface area contributed by atoms with Gasteiger partial charge in [-0.25, -0.2) is 0 Å². The quantitative estimate of drug-likeness (QED) is 0.112. The lowest BCUT2D eigenvalue weighted by Crippen LogP contribution is -2.09. The fraction of sp³-hybridized carbons (Fsp3) is 0. The first-order chi connectivity index (χ1) is 29.8. The van der Waals surface area contributed by atoms with Crippen molar-refractivity contribution >= 4 is 77.2 Å². The first kappa shape index (κ1) is 35.2. The summed E-state index contributed by atoms with van der Waals surface area (Å²) in [7, 11) is 0. The summed E-state index contributed by atoms with van der Waals surface area (Å²) in [6.45, 7) is 0. The smallest absolute Gasteiger partial charge is 0.0468 e. The molecular weight excluding hydrogens is 725 g/mol. The minimum atomic E-state index is 1.12. The third kappa shape index (κ3) is 6.14. The van der Waals surface area contributed by atoms with E-state index in [1.54, 1.807) is 0 Å². The monoisotopic (exact) mass is 764 g/mol. The number of benzene rings is 11. The topological polar surface area (TPSA) is 6.48 Å². The van der Waals surface area contributed by atoms with E-state index in [0.29, 0.717) is 0 Å². The summed E-state index contributed by atoms with van der Waals surface area (Å²) in [5.74, 6) is 0. The molecule has 0 saturated heterocycles. The Morgan fingerprint density at radius 2 is 0.500 bits per heavy atom. The second-order valence-corrected chi connectivity index (χ2v) is 15.3. The minimum absolute atomic E-state index is 1.12. The van der Waals surface area contributed by atoms with Crippen molar-refractivity contribution in [2.75, 3.05) is 9.80 Å². The van der Waals surface area contributed by atoms with Crippen molar-refractivity contribution in [2.45, 2.75) is 0 Å². The second kappa shape index (κ2) is 15.1. The molecule has 0 aliphatic heterocycles. The lowest BCUT2D eigenvalue weighted by Gasteiger charge is -2.27. The highest BCUT2D eigenvalue weighted by Gasteiger charge is 2.22. The first-order valence-electron chi connectivity index (χ1n) is 20.6. The zero-order valence-electron chi connectivity index (χ0n) is 33.0. The molecule has 0 aliphatic carbocycles. The van der Waals surface area contributed by atoms with Crippen LogP contribution in [0.25, 0.3) is 65.3 Å². The van der Waals surface area contributed by atoms with Crippen LogP contribution in [0.5, 0.6) is 0 Å². The number of hydrogen-bond donors (Lipinski definition) is 0. The molecule has 2 nitrogen and oxygen atoms in total. The summed E-state index contributed by atoms with van der Waals surface area (Å²) in [5.41, 5.74) is 11.6. The zero-order chi connectivity index (χ0) is 39.8. The van der Waals surface area contributed by atoms with Crippen molar-refractivity contribution in [3.05, 3.63) is 243 Å². The standard InChI is InChI=1S/C58H40N2/c1-7-19-41(20-8-1)55-53-35-31-44-40-50(60(47-27-15-5-16-28-47)48-29-17-6-18-30-48)34-38-52(44)58(53)56(42-21-9-2-10-22-42)54-36-32-43-39-49(33-37-51(43)57(54)55)59(45-23-11-3-12-24-45)46-25-13-4-14-26-46/h1-40H. The summed E-state index contributed by atoms with van der Waals surface area (Å²) in [4.78, 5) is 4.68. The van der Waals surface area contributed by atoms with E-state index in [4.69, 9.17) is 0 Å². The van der Waals surface area contributed by atoms with Crippen LogP contribution in [0.15, 0.2) is 243 Å². The van der Waals surface area contributed by atoms with Gasteiger partial charge < -0.3 is 9.80 Å². The van der Waals surface area contributed by atoms with Gasteiger partial charge in [0.25, 0.3) is 0 Å². The fourth-order valence-electron chi connectivity index (χ4n) is 9.15. The Bertz CT molecular complexity index is 2970. The molecule has 60 heavy (non-hydrogen) atoms. The van der Waals surface area contributed by atoms with Gasteiger partial charge in [0.2, 0.25) is 0 Å². The Balaban J connectivity index is 1.20. The van der Waals surface area contributed by atoms with Crippen molar-refractivity contribution in [2.24, 2.45) is 0 Å². The molecule has 0 heterocycles. The number of para-hydroxylation sites is 4. The van der Waals surface area contributed by atoms with Crippen molar-refractivity contribution in [1.29, 1.82) is 0 Å². The summed E-state index contributed by atoms with van der Waals surface area (Å²) in [5, 5.41) is 9.85. The number of anilines is 6. The summed E-state index contributed by atoms with van der Waals surface area (Å²) in [6, 6.07) is 87.8. The summed E-state index contributed by atoms with van der Waals surface area (Å²) >= 11 is 0. The molecule has 282 valence electrons. The van der Waals surface area contributed by atoms with E-state index in [1.807, 2.05) is 0 Å². The highest BCUT2D eigenvalue weighted by atomic mass is 15.1. The van der Waals surface area contributed by atoms with E-state index in [2.05, 4.69) is 252 Å². The summed E-state index contributed by atoms with van der Waals surface area (Å²) in [6.07, 6.45) is 0. The molecule has 0 saturated carbocycles. The summed E-state index contributed by atoms with van der Waals surface area (Å²) < 4.78 is 0. The molecular formula is C58H40N2. The van der Waals surface area contributed by atoms with Crippen LogP contribution in [0.3, 0.4) is 0 Å². The molecule has 0 amide bonds. The largest absolute Gasteiger partial charge is 0.310 e. The lowest BCUT2D eigenvalue weighted by molar-refractivity contribution is 1.29. The molecule has 0 N–H and O–H groups in total. The molecule has 0 aliphatic rings. The van der Waals surface area contributed by atoms with Crippen LogP contribution in [0.2, 0.25) is 0 Å². The van der Waals surface area contributed by atoms with Crippen LogP contribution < -0.4 is 9.80 Å². The average Bonchev–Trinajstić information content (AvgIpc) is 3.32. The van der Waals surface area contributed by atoms with Crippen LogP contribution in [0.1, 0.15) is 0 Å². The van der Waals surface area contributed by atoms with E-state index in [0.717, 1.165) is 34.1 Å². The van der Waals surface area contributed by atoms with Crippen molar-refractivity contribution < 1.29 is 0 Å². The van der Waals surface area contributed by atoms with E-state index >= 15 is 0 Å². The van der Waals surface area contributed by atoms with Gasteiger partial charge in [-0.3, -0.25) is 0 Å². The third-order valence-electron chi connectivity index (χ3n) is 11.7. The van der Waals surface area contributed by atoms with Crippen molar-refractivity contribution in [3.8, 4) is 22.3 Å². The molecule has 11 rings (SSSR count). The van der Waals surface area contributed by atoms with Crippen LogP contribution in [0.4, 0.5) is 34.1 Å². The Morgan fingerprint density at radius 1 is 0.217 bits per heavy atom. The number of rotatable bonds is 8. The molecule has 11 aromatic carbocycles. The van der Waals surface area contributed by atoms with Crippen molar-refractivity contribution in [1.82, 2.24) is 0 Å². The van der Waals surface area contributed by atoms with Crippen LogP contribution >= 0.6 is 0 Å².